The third-order valence-electron chi connectivity index (χ3n) is 5.93. The van der Waals surface area contributed by atoms with Crippen LogP contribution in [0.25, 0.3) is 0 Å². The second kappa shape index (κ2) is 7.87. The molecule has 29 heavy (non-hydrogen) atoms. The Bertz CT molecular complexity index is 908. The predicted octanol–water partition coefficient (Wildman–Crippen LogP) is 2.59. The van der Waals surface area contributed by atoms with Crippen LogP contribution < -0.4 is 15.4 Å². The number of ether oxygens (including phenoxy) is 2. The lowest BCUT2D eigenvalue weighted by Crippen LogP contribution is -2.30. The molecule has 1 aromatic carbocycles. The molecule has 0 aromatic heterocycles. The van der Waals surface area contributed by atoms with Gasteiger partial charge in [-0.2, -0.15) is 0 Å². The summed E-state index contributed by atoms with van der Waals surface area (Å²) >= 11 is 0. The molecule has 1 aliphatic carbocycles. The van der Waals surface area contributed by atoms with Crippen LogP contribution in [0.2, 0.25) is 0 Å². The number of benzene rings is 1. The first kappa shape index (κ1) is 19.5. The molecule has 1 aromatic rings. The van der Waals surface area contributed by atoms with Crippen LogP contribution in [-0.4, -0.2) is 44.7 Å². The molecule has 1 saturated heterocycles. The number of fused-ring (bicyclic) bond motifs is 2. The first-order valence-electron chi connectivity index (χ1n) is 9.94. The zero-order valence-corrected chi connectivity index (χ0v) is 16.7. The summed E-state index contributed by atoms with van der Waals surface area (Å²) in [7, 11) is 1.57. The normalized spacial score (nSPS) is 26.8. The summed E-state index contributed by atoms with van der Waals surface area (Å²) in [5.41, 5.74) is 2.54. The van der Waals surface area contributed by atoms with Crippen molar-refractivity contribution >= 4 is 11.8 Å². The molecular weight excluding hydrogens is 368 g/mol. The molecule has 4 atom stereocenters. The number of hydrogen-bond acceptors (Lipinski definition) is 4. The van der Waals surface area contributed by atoms with Gasteiger partial charge in [0, 0.05) is 42.0 Å². The molecule has 2 heterocycles. The molecule has 0 bridgehead atoms. The Labute approximate surface area is 170 Å². The molecule has 2 aliphatic heterocycles. The standard InChI is InChI=1S/C23H26N2O4/c1-4-5-6-7-13(2)17-12-29-21-15(17)8-14(9-16(21)23(27)24-3)22(26)25-20-18-10-28-11-19(18)20/h4-9,17-20H,2,10-12H2,1,3H3,(H,24,27)(H,25,26)/b5-4-,7-6-/t17-,18-,19+,20+/m1/s1. The SMILES string of the molecule is C=C(/C=C\C=C/C)[C@H]1COc2c(C(=O)NC)cc(C(=O)N[C@H]3[C@@H]4COC[C@@H]43)cc21. The summed E-state index contributed by atoms with van der Waals surface area (Å²) in [5, 5.41) is 5.73. The highest BCUT2D eigenvalue weighted by Gasteiger charge is 2.54. The van der Waals surface area contributed by atoms with E-state index in [9.17, 15) is 9.59 Å². The van der Waals surface area contributed by atoms with Gasteiger partial charge in [0.05, 0.1) is 25.4 Å². The fraction of sp³-hybridized carbons (Fsp3) is 0.391. The van der Waals surface area contributed by atoms with Crippen molar-refractivity contribution in [3.8, 4) is 5.75 Å². The second-order valence-corrected chi connectivity index (χ2v) is 7.71. The largest absolute Gasteiger partial charge is 0.491 e. The highest BCUT2D eigenvalue weighted by atomic mass is 16.5. The van der Waals surface area contributed by atoms with E-state index in [1.54, 1.807) is 13.1 Å². The minimum atomic E-state index is -0.275. The molecule has 152 valence electrons. The van der Waals surface area contributed by atoms with Crippen molar-refractivity contribution < 1.29 is 19.1 Å². The minimum Gasteiger partial charge on any atom is -0.491 e. The zero-order chi connectivity index (χ0) is 20.5. The van der Waals surface area contributed by atoms with Crippen LogP contribution in [-0.2, 0) is 4.74 Å². The molecule has 0 radical (unpaired) electrons. The van der Waals surface area contributed by atoms with Gasteiger partial charge in [-0.3, -0.25) is 9.59 Å². The van der Waals surface area contributed by atoms with Crippen LogP contribution in [0.3, 0.4) is 0 Å². The molecule has 0 unspecified atom stereocenters. The molecule has 3 aliphatic rings. The smallest absolute Gasteiger partial charge is 0.254 e. The van der Waals surface area contributed by atoms with Crippen LogP contribution >= 0.6 is 0 Å². The Morgan fingerprint density at radius 3 is 2.59 bits per heavy atom. The van der Waals surface area contributed by atoms with Crippen molar-refractivity contribution in [1.29, 1.82) is 0 Å². The van der Waals surface area contributed by atoms with Gasteiger partial charge in [0.15, 0.2) is 0 Å². The Morgan fingerprint density at radius 2 is 1.90 bits per heavy atom. The number of rotatable bonds is 6. The Morgan fingerprint density at radius 1 is 1.14 bits per heavy atom. The van der Waals surface area contributed by atoms with Gasteiger partial charge in [-0.15, -0.1) is 0 Å². The summed E-state index contributed by atoms with van der Waals surface area (Å²) in [5.74, 6) is 0.819. The van der Waals surface area contributed by atoms with Gasteiger partial charge in [0.2, 0.25) is 0 Å². The topological polar surface area (TPSA) is 76.7 Å². The molecule has 2 fully saturated rings. The summed E-state index contributed by atoms with van der Waals surface area (Å²) in [6.07, 6.45) is 7.72. The third-order valence-corrected chi connectivity index (χ3v) is 5.93. The van der Waals surface area contributed by atoms with E-state index in [4.69, 9.17) is 9.47 Å². The van der Waals surface area contributed by atoms with Gasteiger partial charge in [0.25, 0.3) is 11.8 Å². The minimum absolute atomic E-state index is 0.101. The van der Waals surface area contributed by atoms with E-state index in [1.807, 2.05) is 37.3 Å². The van der Waals surface area contributed by atoms with Crippen molar-refractivity contribution in [2.75, 3.05) is 26.9 Å². The first-order valence-corrected chi connectivity index (χ1v) is 9.94. The van der Waals surface area contributed by atoms with Gasteiger partial charge >= 0.3 is 0 Å². The van der Waals surface area contributed by atoms with E-state index in [2.05, 4.69) is 17.2 Å². The number of hydrogen-bond donors (Lipinski definition) is 2. The van der Waals surface area contributed by atoms with Gasteiger partial charge in [-0.05, 0) is 24.6 Å². The molecule has 6 nitrogen and oxygen atoms in total. The monoisotopic (exact) mass is 394 g/mol. The number of amides is 2. The summed E-state index contributed by atoms with van der Waals surface area (Å²) in [6.45, 7) is 7.91. The van der Waals surface area contributed by atoms with Crippen LogP contribution in [0.1, 0.15) is 39.1 Å². The Hall–Kier alpha value is -2.86. The zero-order valence-electron chi connectivity index (χ0n) is 16.7. The van der Waals surface area contributed by atoms with Crippen molar-refractivity contribution in [2.45, 2.75) is 18.9 Å². The average molecular weight is 394 g/mol. The van der Waals surface area contributed by atoms with Crippen LogP contribution in [0.5, 0.6) is 5.75 Å². The number of allylic oxidation sites excluding steroid dienone is 4. The molecule has 1 saturated carbocycles. The lowest BCUT2D eigenvalue weighted by Gasteiger charge is -2.13. The first-order chi connectivity index (χ1) is 14.0. The van der Waals surface area contributed by atoms with Gasteiger partial charge in [-0.1, -0.05) is 30.9 Å². The highest BCUT2D eigenvalue weighted by molar-refractivity contribution is 6.02. The maximum Gasteiger partial charge on any atom is 0.254 e. The fourth-order valence-corrected chi connectivity index (χ4v) is 4.16. The van der Waals surface area contributed by atoms with Gasteiger partial charge in [-0.25, -0.2) is 0 Å². The maximum atomic E-state index is 12.9. The maximum absolute atomic E-state index is 12.9. The molecule has 6 heteroatoms. The van der Waals surface area contributed by atoms with E-state index < -0.39 is 0 Å². The number of carbonyl (C=O) groups is 2. The van der Waals surface area contributed by atoms with Crippen LogP contribution in [0.4, 0.5) is 0 Å². The molecule has 0 spiro atoms. The third kappa shape index (κ3) is 3.60. The second-order valence-electron chi connectivity index (χ2n) is 7.71. The number of carbonyl (C=O) groups excluding carboxylic acids is 2. The highest BCUT2D eigenvalue weighted by Crippen LogP contribution is 2.45. The summed E-state index contributed by atoms with van der Waals surface area (Å²) in [6, 6.07) is 3.61. The molecule has 2 N–H and O–H groups in total. The molecule has 4 rings (SSSR count). The van der Waals surface area contributed by atoms with Gasteiger partial charge < -0.3 is 20.1 Å². The van der Waals surface area contributed by atoms with E-state index >= 15 is 0 Å². The summed E-state index contributed by atoms with van der Waals surface area (Å²) in [4.78, 5) is 25.4. The van der Waals surface area contributed by atoms with Crippen molar-refractivity contribution in [3.05, 3.63) is 65.3 Å². The van der Waals surface area contributed by atoms with E-state index in [0.717, 1.165) is 11.1 Å². The average Bonchev–Trinajstić information content (AvgIpc) is 3.10. The van der Waals surface area contributed by atoms with E-state index in [0.29, 0.717) is 48.5 Å². The molecule has 2 amide bonds. The van der Waals surface area contributed by atoms with Gasteiger partial charge in [0.1, 0.15) is 5.75 Å². The van der Waals surface area contributed by atoms with Crippen molar-refractivity contribution in [2.24, 2.45) is 11.8 Å². The summed E-state index contributed by atoms with van der Waals surface area (Å²) < 4.78 is 11.2. The predicted molar refractivity (Wildman–Crippen MR) is 110 cm³/mol. The van der Waals surface area contributed by atoms with E-state index in [1.165, 1.54) is 0 Å². The van der Waals surface area contributed by atoms with Crippen molar-refractivity contribution in [3.63, 3.8) is 0 Å². The van der Waals surface area contributed by atoms with Crippen LogP contribution in [0, 0.1) is 11.8 Å². The fourth-order valence-electron chi connectivity index (χ4n) is 4.16. The Balaban J connectivity index is 1.63. The number of nitrogens with one attached hydrogen (secondary N) is 2. The quantitative estimate of drug-likeness (QED) is 0.727. The van der Waals surface area contributed by atoms with E-state index in [-0.39, 0.29) is 23.8 Å². The Kier molecular flexibility index (Phi) is 5.28. The van der Waals surface area contributed by atoms with Crippen LogP contribution in [0.15, 0.2) is 48.6 Å². The lowest BCUT2D eigenvalue weighted by atomic mass is 9.90. The lowest BCUT2D eigenvalue weighted by molar-refractivity contribution is 0.0929. The molecular formula is C23H26N2O4. The van der Waals surface area contributed by atoms with Crippen molar-refractivity contribution in [1.82, 2.24) is 10.6 Å².